The summed E-state index contributed by atoms with van der Waals surface area (Å²) in [6, 6.07) is 0. The van der Waals surface area contributed by atoms with Crippen LogP contribution in [0.2, 0.25) is 0 Å². The van der Waals surface area contributed by atoms with E-state index in [1.807, 2.05) is 0 Å². The summed E-state index contributed by atoms with van der Waals surface area (Å²) >= 11 is 0. The van der Waals surface area contributed by atoms with Crippen molar-refractivity contribution in [3.05, 3.63) is 0 Å². The van der Waals surface area contributed by atoms with Crippen LogP contribution in [-0.2, 0) is 14.3 Å². The topological polar surface area (TPSA) is 75.6 Å². The molecule has 5 nitrogen and oxygen atoms in total. The second kappa shape index (κ2) is 5.26. The standard InChI is InChI=1S/C13H21NO4/c1-18-13(6-3-7-13)8-14-11(15)9-4-2-5-10(9)12(16)17/h9-10H,2-8H2,1H3,(H,14,15)(H,16,17)/t9-,10+/m1/s1. The molecule has 0 bridgehead atoms. The number of amides is 1. The quantitative estimate of drug-likeness (QED) is 0.773. The number of carboxylic acid groups (broad SMARTS) is 1. The number of rotatable bonds is 5. The molecule has 2 atom stereocenters. The summed E-state index contributed by atoms with van der Waals surface area (Å²) in [5.41, 5.74) is -0.201. The zero-order valence-corrected chi connectivity index (χ0v) is 10.8. The number of nitrogens with one attached hydrogen (secondary N) is 1. The zero-order chi connectivity index (χ0) is 13.2. The maximum absolute atomic E-state index is 12.0. The van der Waals surface area contributed by atoms with Gasteiger partial charge in [-0.1, -0.05) is 6.42 Å². The van der Waals surface area contributed by atoms with Gasteiger partial charge in [0.15, 0.2) is 0 Å². The van der Waals surface area contributed by atoms with E-state index in [1.165, 1.54) is 0 Å². The molecule has 102 valence electrons. The fraction of sp³-hybridized carbons (Fsp3) is 0.846. The highest BCUT2D eigenvalue weighted by Gasteiger charge is 2.40. The normalized spacial score (nSPS) is 29.6. The minimum atomic E-state index is -0.849. The Hall–Kier alpha value is -1.10. The van der Waals surface area contributed by atoms with Crippen LogP contribution in [0.5, 0.6) is 0 Å². The number of carbonyl (C=O) groups excluding carboxylic acids is 1. The molecule has 2 fully saturated rings. The maximum atomic E-state index is 12.0. The first-order valence-electron chi connectivity index (χ1n) is 6.64. The van der Waals surface area contributed by atoms with E-state index in [0.717, 1.165) is 25.7 Å². The first kappa shape index (κ1) is 13.3. The van der Waals surface area contributed by atoms with Crippen LogP contribution >= 0.6 is 0 Å². The van der Waals surface area contributed by atoms with E-state index in [1.54, 1.807) is 7.11 Å². The molecule has 2 N–H and O–H groups in total. The van der Waals surface area contributed by atoms with Gasteiger partial charge in [0.1, 0.15) is 0 Å². The molecule has 18 heavy (non-hydrogen) atoms. The minimum absolute atomic E-state index is 0.122. The minimum Gasteiger partial charge on any atom is -0.481 e. The van der Waals surface area contributed by atoms with Gasteiger partial charge in [-0.15, -0.1) is 0 Å². The van der Waals surface area contributed by atoms with Crippen molar-refractivity contribution in [2.24, 2.45) is 11.8 Å². The smallest absolute Gasteiger partial charge is 0.307 e. The monoisotopic (exact) mass is 255 g/mol. The Kier molecular flexibility index (Phi) is 3.90. The van der Waals surface area contributed by atoms with E-state index in [2.05, 4.69) is 5.32 Å². The fourth-order valence-electron chi connectivity index (χ4n) is 2.97. The van der Waals surface area contributed by atoms with E-state index in [9.17, 15) is 9.59 Å². The summed E-state index contributed by atoms with van der Waals surface area (Å²) in [6.45, 7) is 0.505. The average Bonchev–Trinajstić information content (AvgIpc) is 2.76. The SMILES string of the molecule is COC1(CNC(=O)[C@@H]2CCC[C@@H]2C(=O)O)CCC1. The van der Waals surface area contributed by atoms with Crippen LogP contribution in [0.4, 0.5) is 0 Å². The predicted molar refractivity (Wildman–Crippen MR) is 65.1 cm³/mol. The van der Waals surface area contributed by atoms with Crippen molar-refractivity contribution >= 4 is 11.9 Å². The van der Waals surface area contributed by atoms with Gasteiger partial charge >= 0.3 is 5.97 Å². The third-order valence-corrected chi connectivity index (χ3v) is 4.45. The molecular weight excluding hydrogens is 234 g/mol. The summed E-state index contributed by atoms with van der Waals surface area (Å²) in [7, 11) is 1.67. The molecule has 0 radical (unpaired) electrons. The Labute approximate surface area is 107 Å². The number of hydrogen-bond donors (Lipinski definition) is 2. The second-order valence-corrected chi connectivity index (χ2v) is 5.44. The van der Waals surface area contributed by atoms with Gasteiger partial charge in [-0.3, -0.25) is 9.59 Å². The summed E-state index contributed by atoms with van der Waals surface area (Å²) in [6.07, 6.45) is 5.19. The lowest BCUT2D eigenvalue weighted by molar-refractivity contribution is -0.146. The van der Waals surface area contributed by atoms with Crippen LogP contribution in [-0.4, -0.2) is 36.2 Å². The summed E-state index contributed by atoms with van der Waals surface area (Å²) in [5.74, 6) is -1.85. The lowest BCUT2D eigenvalue weighted by Gasteiger charge is -2.40. The fourth-order valence-corrected chi connectivity index (χ4v) is 2.97. The van der Waals surface area contributed by atoms with Crippen molar-refractivity contribution < 1.29 is 19.4 Å². The Bertz CT molecular complexity index is 332. The average molecular weight is 255 g/mol. The number of carbonyl (C=O) groups is 2. The van der Waals surface area contributed by atoms with Crippen LogP contribution in [0, 0.1) is 11.8 Å². The summed E-state index contributed by atoms with van der Waals surface area (Å²) in [5, 5.41) is 11.9. The van der Waals surface area contributed by atoms with Crippen molar-refractivity contribution in [2.75, 3.05) is 13.7 Å². The lowest BCUT2D eigenvalue weighted by atomic mass is 9.80. The molecule has 5 heteroatoms. The van der Waals surface area contributed by atoms with Gasteiger partial charge < -0.3 is 15.2 Å². The molecular formula is C13H21NO4. The van der Waals surface area contributed by atoms with Crippen molar-refractivity contribution in [3.8, 4) is 0 Å². The Morgan fingerprint density at radius 2 is 1.94 bits per heavy atom. The number of methoxy groups -OCH3 is 1. The maximum Gasteiger partial charge on any atom is 0.307 e. The summed E-state index contributed by atoms with van der Waals surface area (Å²) < 4.78 is 5.43. The van der Waals surface area contributed by atoms with Gasteiger partial charge in [-0.05, 0) is 32.1 Å². The van der Waals surface area contributed by atoms with Gasteiger partial charge in [0.05, 0.1) is 17.4 Å². The first-order valence-corrected chi connectivity index (χ1v) is 6.64. The second-order valence-electron chi connectivity index (χ2n) is 5.44. The van der Waals surface area contributed by atoms with Crippen LogP contribution in [0.3, 0.4) is 0 Å². The first-order chi connectivity index (χ1) is 8.58. The summed E-state index contributed by atoms with van der Waals surface area (Å²) in [4.78, 5) is 23.1. The molecule has 0 aromatic rings. The number of ether oxygens (including phenoxy) is 1. The largest absolute Gasteiger partial charge is 0.481 e. The Morgan fingerprint density at radius 1 is 1.28 bits per heavy atom. The number of hydrogen-bond acceptors (Lipinski definition) is 3. The van der Waals surface area contributed by atoms with Crippen molar-refractivity contribution in [1.82, 2.24) is 5.32 Å². The third kappa shape index (κ3) is 2.51. The highest BCUT2D eigenvalue weighted by atomic mass is 16.5. The number of carboxylic acids is 1. The zero-order valence-electron chi connectivity index (χ0n) is 10.8. The molecule has 0 saturated heterocycles. The van der Waals surface area contributed by atoms with Crippen LogP contribution in [0.1, 0.15) is 38.5 Å². The van der Waals surface area contributed by atoms with E-state index in [4.69, 9.17) is 9.84 Å². The molecule has 0 spiro atoms. The third-order valence-electron chi connectivity index (χ3n) is 4.45. The Morgan fingerprint density at radius 3 is 2.44 bits per heavy atom. The van der Waals surface area contributed by atoms with E-state index < -0.39 is 11.9 Å². The van der Waals surface area contributed by atoms with Gasteiger partial charge in [-0.25, -0.2) is 0 Å². The van der Waals surface area contributed by atoms with Crippen molar-refractivity contribution in [3.63, 3.8) is 0 Å². The van der Waals surface area contributed by atoms with E-state index in [-0.39, 0.29) is 17.4 Å². The van der Waals surface area contributed by atoms with Gasteiger partial charge in [0.25, 0.3) is 0 Å². The van der Waals surface area contributed by atoms with E-state index >= 15 is 0 Å². The van der Waals surface area contributed by atoms with Crippen LogP contribution in [0.15, 0.2) is 0 Å². The molecule has 2 rings (SSSR count). The highest BCUT2D eigenvalue weighted by Crippen LogP contribution is 2.35. The molecule has 0 heterocycles. The van der Waals surface area contributed by atoms with Gasteiger partial charge in [0.2, 0.25) is 5.91 Å². The van der Waals surface area contributed by atoms with Crippen molar-refractivity contribution in [1.29, 1.82) is 0 Å². The molecule has 1 amide bonds. The van der Waals surface area contributed by atoms with Gasteiger partial charge in [0, 0.05) is 13.7 Å². The lowest BCUT2D eigenvalue weighted by Crippen LogP contribution is -2.50. The molecule has 2 aliphatic carbocycles. The van der Waals surface area contributed by atoms with Crippen molar-refractivity contribution in [2.45, 2.75) is 44.1 Å². The molecule has 2 saturated carbocycles. The van der Waals surface area contributed by atoms with Gasteiger partial charge in [-0.2, -0.15) is 0 Å². The molecule has 0 unspecified atom stereocenters. The van der Waals surface area contributed by atoms with Crippen LogP contribution in [0.25, 0.3) is 0 Å². The predicted octanol–water partition coefficient (Wildman–Crippen LogP) is 1.17. The Balaban J connectivity index is 1.86. The molecule has 0 aliphatic heterocycles. The highest BCUT2D eigenvalue weighted by molar-refractivity contribution is 5.85. The molecule has 2 aliphatic rings. The molecule has 0 aromatic carbocycles. The number of aliphatic carboxylic acids is 1. The van der Waals surface area contributed by atoms with Crippen LogP contribution < -0.4 is 5.32 Å². The molecule has 0 aromatic heterocycles. The van der Waals surface area contributed by atoms with E-state index in [0.29, 0.717) is 19.4 Å².